The molecule has 1 aromatic heterocycles. The zero-order chi connectivity index (χ0) is 17.2. The Morgan fingerprint density at radius 1 is 1.17 bits per heavy atom. The molecule has 1 amide bonds. The molecule has 24 heavy (non-hydrogen) atoms. The summed E-state index contributed by atoms with van der Waals surface area (Å²) >= 11 is 0. The van der Waals surface area contributed by atoms with Crippen LogP contribution in [0.25, 0.3) is 10.9 Å². The third kappa shape index (κ3) is 3.75. The van der Waals surface area contributed by atoms with E-state index >= 15 is 0 Å². The quantitative estimate of drug-likeness (QED) is 0.923. The lowest BCUT2D eigenvalue weighted by Crippen LogP contribution is -2.43. The van der Waals surface area contributed by atoms with E-state index in [2.05, 4.69) is 17.2 Å². The van der Waals surface area contributed by atoms with Gasteiger partial charge in [0.15, 0.2) is 5.03 Å². The molecule has 2 unspecified atom stereocenters. The molecule has 6 heteroatoms. The van der Waals surface area contributed by atoms with E-state index in [0.717, 1.165) is 24.6 Å². The van der Waals surface area contributed by atoms with Crippen LogP contribution in [0.3, 0.4) is 0 Å². The molecule has 0 radical (unpaired) electrons. The van der Waals surface area contributed by atoms with Gasteiger partial charge in [-0.05, 0) is 37.0 Å². The number of benzene rings is 1. The first-order chi connectivity index (χ1) is 11.5. The van der Waals surface area contributed by atoms with Gasteiger partial charge in [-0.3, -0.25) is 4.79 Å². The first-order valence-electron chi connectivity index (χ1n) is 8.33. The topological polar surface area (TPSA) is 76.1 Å². The van der Waals surface area contributed by atoms with Crippen LogP contribution in [0, 0.1) is 5.92 Å². The van der Waals surface area contributed by atoms with Crippen LogP contribution in [0.4, 0.5) is 0 Å². The molecule has 1 aromatic carbocycles. The zero-order valence-corrected chi connectivity index (χ0v) is 14.6. The normalized spacial score (nSPS) is 21.5. The Balaban J connectivity index is 1.73. The Labute approximate surface area is 142 Å². The molecule has 1 heterocycles. The molecule has 2 aromatic rings. The van der Waals surface area contributed by atoms with Crippen molar-refractivity contribution in [1.82, 2.24) is 10.3 Å². The highest BCUT2D eigenvalue weighted by Crippen LogP contribution is 2.24. The number of carbonyl (C=O) groups excluding carboxylic acids is 1. The van der Waals surface area contributed by atoms with Gasteiger partial charge in [0, 0.05) is 11.4 Å². The van der Waals surface area contributed by atoms with Crippen molar-refractivity contribution in [3.8, 4) is 0 Å². The Morgan fingerprint density at radius 2 is 1.92 bits per heavy atom. The third-order valence-corrected chi connectivity index (χ3v) is 6.18. The van der Waals surface area contributed by atoms with E-state index in [9.17, 15) is 13.2 Å². The minimum Gasteiger partial charge on any atom is -0.352 e. The number of nitrogens with one attached hydrogen (secondary N) is 1. The number of rotatable bonds is 4. The molecule has 1 aliphatic rings. The molecule has 3 rings (SSSR count). The first-order valence-corrected chi connectivity index (χ1v) is 9.99. The van der Waals surface area contributed by atoms with Crippen LogP contribution in [-0.4, -0.2) is 31.1 Å². The van der Waals surface area contributed by atoms with E-state index in [4.69, 9.17) is 0 Å². The molecule has 5 nitrogen and oxygen atoms in total. The van der Waals surface area contributed by atoms with E-state index < -0.39 is 21.5 Å². The van der Waals surface area contributed by atoms with E-state index in [0.29, 0.717) is 11.4 Å². The molecule has 0 bridgehead atoms. The van der Waals surface area contributed by atoms with Crippen LogP contribution in [-0.2, 0) is 14.6 Å². The van der Waals surface area contributed by atoms with Crippen molar-refractivity contribution in [3.63, 3.8) is 0 Å². The largest absolute Gasteiger partial charge is 0.352 e. The highest BCUT2D eigenvalue weighted by molar-refractivity contribution is 7.92. The van der Waals surface area contributed by atoms with E-state index in [1.807, 2.05) is 18.2 Å². The average Bonchev–Trinajstić information content (AvgIpc) is 2.56. The summed E-state index contributed by atoms with van der Waals surface area (Å²) in [6.07, 6.45) is 4.24. The van der Waals surface area contributed by atoms with Gasteiger partial charge in [-0.15, -0.1) is 0 Å². The second-order valence-electron chi connectivity index (χ2n) is 6.54. The van der Waals surface area contributed by atoms with Gasteiger partial charge in [0.25, 0.3) is 0 Å². The SMILES string of the molecule is CC1CCCCC1NC(=O)CS(=O)(=O)c1ccc2ccccc2n1. The highest BCUT2D eigenvalue weighted by Gasteiger charge is 2.26. The summed E-state index contributed by atoms with van der Waals surface area (Å²) in [5.74, 6) is -0.602. The van der Waals surface area contributed by atoms with Crippen molar-refractivity contribution in [2.75, 3.05) is 5.75 Å². The fourth-order valence-electron chi connectivity index (χ4n) is 3.25. The van der Waals surface area contributed by atoms with Crippen molar-refractivity contribution in [1.29, 1.82) is 0 Å². The van der Waals surface area contributed by atoms with E-state index in [1.54, 1.807) is 12.1 Å². The standard InChI is InChI=1S/C18H22N2O3S/c1-13-6-2-4-8-15(13)19-17(21)12-24(22,23)18-11-10-14-7-3-5-9-16(14)20-18/h3,5,7,9-11,13,15H,2,4,6,8,12H2,1H3,(H,19,21). The molecular weight excluding hydrogens is 324 g/mol. The maximum absolute atomic E-state index is 12.5. The first kappa shape index (κ1) is 16.9. The van der Waals surface area contributed by atoms with Crippen LogP contribution in [0.15, 0.2) is 41.4 Å². The van der Waals surface area contributed by atoms with Crippen molar-refractivity contribution in [2.24, 2.45) is 5.92 Å². The van der Waals surface area contributed by atoms with Crippen molar-refractivity contribution in [3.05, 3.63) is 36.4 Å². The summed E-state index contributed by atoms with van der Waals surface area (Å²) in [6, 6.07) is 10.6. The van der Waals surface area contributed by atoms with Crippen LogP contribution < -0.4 is 5.32 Å². The molecule has 1 saturated carbocycles. The lowest BCUT2D eigenvalue weighted by atomic mass is 9.86. The van der Waals surface area contributed by atoms with Gasteiger partial charge in [0.1, 0.15) is 5.75 Å². The average molecular weight is 346 g/mol. The van der Waals surface area contributed by atoms with E-state index in [-0.39, 0.29) is 11.1 Å². The molecule has 1 fully saturated rings. The number of pyridine rings is 1. The lowest BCUT2D eigenvalue weighted by Gasteiger charge is -2.29. The summed E-state index contributed by atoms with van der Waals surface area (Å²) in [5, 5.41) is 3.71. The molecule has 128 valence electrons. The molecule has 1 aliphatic carbocycles. The van der Waals surface area contributed by atoms with Gasteiger partial charge in [0.05, 0.1) is 5.52 Å². The predicted molar refractivity (Wildman–Crippen MR) is 93.4 cm³/mol. The monoisotopic (exact) mass is 346 g/mol. The summed E-state index contributed by atoms with van der Waals surface area (Å²) < 4.78 is 25.0. The van der Waals surface area contributed by atoms with Crippen molar-refractivity contribution < 1.29 is 13.2 Å². The molecule has 0 saturated heterocycles. The fraction of sp³-hybridized carbons (Fsp3) is 0.444. The van der Waals surface area contributed by atoms with Gasteiger partial charge in [-0.25, -0.2) is 13.4 Å². The van der Waals surface area contributed by atoms with Crippen molar-refractivity contribution >= 4 is 26.6 Å². The van der Waals surface area contributed by atoms with Gasteiger partial charge in [-0.2, -0.15) is 0 Å². The number of fused-ring (bicyclic) bond motifs is 1. The summed E-state index contributed by atoms with van der Waals surface area (Å²) in [6.45, 7) is 2.10. The van der Waals surface area contributed by atoms with Gasteiger partial charge < -0.3 is 5.32 Å². The number of aromatic nitrogens is 1. The smallest absolute Gasteiger partial charge is 0.235 e. The second kappa shape index (κ2) is 6.89. The number of amides is 1. The number of para-hydroxylation sites is 1. The molecule has 0 spiro atoms. The van der Waals surface area contributed by atoms with Crippen LogP contribution >= 0.6 is 0 Å². The van der Waals surface area contributed by atoms with E-state index in [1.165, 1.54) is 12.5 Å². The van der Waals surface area contributed by atoms with Crippen LogP contribution in [0.2, 0.25) is 0 Å². The van der Waals surface area contributed by atoms with Crippen LogP contribution in [0.5, 0.6) is 0 Å². The van der Waals surface area contributed by atoms with Crippen molar-refractivity contribution in [2.45, 2.75) is 43.7 Å². The third-order valence-electron chi connectivity index (χ3n) is 4.67. The number of nitrogens with zero attached hydrogens (tertiary/aromatic N) is 1. The highest BCUT2D eigenvalue weighted by atomic mass is 32.2. The Morgan fingerprint density at radius 3 is 2.71 bits per heavy atom. The van der Waals surface area contributed by atoms with Gasteiger partial charge in [0.2, 0.25) is 15.7 Å². The van der Waals surface area contributed by atoms with Crippen LogP contribution in [0.1, 0.15) is 32.6 Å². The Bertz CT molecular complexity index is 848. The molecule has 1 N–H and O–H groups in total. The number of sulfone groups is 1. The number of hydrogen-bond acceptors (Lipinski definition) is 4. The number of carbonyl (C=O) groups is 1. The van der Waals surface area contributed by atoms with Gasteiger partial charge in [-0.1, -0.05) is 38.0 Å². The Kier molecular flexibility index (Phi) is 4.85. The second-order valence-corrected chi connectivity index (χ2v) is 8.47. The lowest BCUT2D eigenvalue weighted by molar-refractivity contribution is -0.119. The minimum atomic E-state index is -3.74. The maximum Gasteiger partial charge on any atom is 0.235 e. The molecular formula is C18H22N2O3S. The minimum absolute atomic E-state index is 0.0481. The molecule has 0 aliphatic heterocycles. The zero-order valence-electron chi connectivity index (χ0n) is 13.7. The predicted octanol–water partition coefficient (Wildman–Crippen LogP) is 2.70. The fourth-order valence-corrected chi connectivity index (χ4v) is 4.34. The summed E-state index contributed by atoms with van der Waals surface area (Å²) in [7, 11) is -3.74. The van der Waals surface area contributed by atoms with Gasteiger partial charge >= 0.3 is 0 Å². The maximum atomic E-state index is 12.5. The Hall–Kier alpha value is -1.95. The summed E-state index contributed by atoms with van der Waals surface area (Å²) in [5.41, 5.74) is 0.611. The summed E-state index contributed by atoms with van der Waals surface area (Å²) in [4.78, 5) is 16.4. The number of hydrogen-bond donors (Lipinski definition) is 1. The molecule has 2 atom stereocenters.